The zero-order valence-corrected chi connectivity index (χ0v) is 12.4. The zero-order valence-electron chi connectivity index (χ0n) is 12.4. The molecule has 1 saturated heterocycles. The lowest BCUT2D eigenvalue weighted by molar-refractivity contribution is -0.143. The highest BCUT2D eigenvalue weighted by molar-refractivity contribution is 5.79. The summed E-state index contributed by atoms with van der Waals surface area (Å²) in [6.45, 7) is 2.30. The molecular weight excluding hydrogens is 284 g/mol. The number of aliphatic carboxylic acids is 1. The summed E-state index contributed by atoms with van der Waals surface area (Å²) in [4.78, 5) is 29.4. The Hall–Kier alpha value is -2.37. The van der Waals surface area contributed by atoms with Gasteiger partial charge in [0.2, 0.25) is 5.91 Å². The fourth-order valence-corrected chi connectivity index (χ4v) is 3.01. The molecule has 0 aliphatic carbocycles. The van der Waals surface area contributed by atoms with E-state index in [4.69, 9.17) is 9.52 Å². The maximum Gasteiger partial charge on any atom is 0.308 e. The second-order valence-electron chi connectivity index (χ2n) is 5.64. The molecule has 116 valence electrons. The van der Waals surface area contributed by atoms with Crippen LogP contribution in [0.25, 0.3) is 11.1 Å². The van der Waals surface area contributed by atoms with Gasteiger partial charge in [-0.15, -0.1) is 0 Å². The van der Waals surface area contributed by atoms with E-state index in [1.807, 2.05) is 24.3 Å². The van der Waals surface area contributed by atoms with E-state index in [9.17, 15) is 9.59 Å². The molecule has 1 fully saturated rings. The molecule has 0 bridgehead atoms. The lowest BCUT2D eigenvalue weighted by Gasteiger charge is -2.23. The van der Waals surface area contributed by atoms with Crippen LogP contribution in [-0.2, 0) is 16.0 Å². The van der Waals surface area contributed by atoms with Gasteiger partial charge < -0.3 is 14.4 Å². The fourth-order valence-electron chi connectivity index (χ4n) is 3.01. The van der Waals surface area contributed by atoms with E-state index in [2.05, 4.69) is 4.98 Å². The van der Waals surface area contributed by atoms with Gasteiger partial charge in [-0.2, -0.15) is 0 Å². The Bertz CT molecular complexity index is 676. The molecular formula is C16H18N2O4. The number of carboxylic acids is 1. The minimum Gasteiger partial charge on any atom is -0.481 e. The van der Waals surface area contributed by atoms with Crippen LogP contribution in [0, 0.1) is 5.92 Å². The normalized spacial score (nSPS) is 21.4. The summed E-state index contributed by atoms with van der Waals surface area (Å²) in [5.41, 5.74) is 1.50. The topological polar surface area (TPSA) is 83.6 Å². The van der Waals surface area contributed by atoms with Crippen molar-refractivity contribution in [3.63, 3.8) is 0 Å². The van der Waals surface area contributed by atoms with Gasteiger partial charge in [-0.3, -0.25) is 9.59 Å². The number of hydrogen-bond acceptors (Lipinski definition) is 4. The largest absolute Gasteiger partial charge is 0.481 e. The molecule has 2 atom stereocenters. The van der Waals surface area contributed by atoms with Crippen molar-refractivity contribution in [2.45, 2.75) is 32.2 Å². The summed E-state index contributed by atoms with van der Waals surface area (Å²) in [7, 11) is 0. The molecule has 1 aromatic carbocycles. The average molecular weight is 302 g/mol. The molecule has 1 amide bonds. The molecule has 1 aromatic heterocycles. The number of aryl methyl sites for hydroxylation is 1. The number of aromatic nitrogens is 1. The standard InChI is InChI=1S/C16H18N2O4/c1-10-11(16(20)21)8-9-18(10)15(19)7-6-14-17-12-4-2-3-5-13(12)22-14/h2-5,10-11H,6-9H2,1H3,(H,20,21). The van der Waals surface area contributed by atoms with Crippen molar-refractivity contribution in [2.75, 3.05) is 6.54 Å². The first-order chi connectivity index (χ1) is 10.6. The smallest absolute Gasteiger partial charge is 0.308 e. The molecule has 2 heterocycles. The summed E-state index contributed by atoms with van der Waals surface area (Å²) in [5, 5.41) is 9.11. The van der Waals surface area contributed by atoms with Gasteiger partial charge >= 0.3 is 5.97 Å². The van der Waals surface area contributed by atoms with Gasteiger partial charge in [0.1, 0.15) is 5.52 Å². The maximum absolute atomic E-state index is 12.3. The van der Waals surface area contributed by atoms with Gasteiger partial charge in [0.25, 0.3) is 0 Å². The molecule has 0 saturated carbocycles. The van der Waals surface area contributed by atoms with Crippen molar-refractivity contribution in [1.29, 1.82) is 0 Å². The van der Waals surface area contributed by atoms with E-state index in [1.165, 1.54) is 0 Å². The van der Waals surface area contributed by atoms with Crippen molar-refractivity contribution >= 4 is 23.0 Å². The van der Waals surface area contributed by atoms with Crippen LogP contribution >= 0.6 is 0 Å². The number of benzene rings is 1. The number of nitrogens with zero attached hydrogens (tertiary/aromatic N) is 2. The third-order valence-corrected chi connectivity index (χ3v) is 4.28. The molecule has 6 nitrogen and oxygen atoms in total. The third-order valence-electron chi connectivity index (χ3n) is 4.28. The summed E-state index contributed by atoms with van der Waals surface area (Å²) in [6, 6.07) is 7.21. The SMILES string of the molecule is CC1C(C(=O)O)CCN1C(=O)CCc1nc2ccccc2o1. The molecule has 1 N–H and O–H groups in total. The van der Waals surface area contributed by atoms with Gasteiger partial charge in [0.05, 0.1) is 5.92 Å². The Morgan fingerprint density at radius 2 is 2.18 bits per heavy atom. The van der Waals surface area contributed by atoms with Crippen LogP contribution in [-0.4, -0.2) is 39.5 Å². The molecule has 1 aliphatic heterocycles. The lowest BCUT2D eigenvalue weighted by Crippen LogP contribution is -2.37. The molecule has 6 heteroatoms. The van der Waals surface area contributed by atoms with E-state index in [-0.39, 0.29) is 18.4 Å². The summed E-state index contributed by atoms with van der Waals surface area (Å²) in [6.07, 6.45) is 1.23. The molecule has 2 aromatic rings. The fraction of sp³-hybridized carbons (Fsp3) is 0.438. The average Bonchev–Trinajstić information content (AvgIpc) is 3.07. The quantitative estimate of drug-likeness (QED) is 0.935. The molecule has 3 rings (SSSR count). The van der Waals surface area contributed by atoms with E-state index < -0.39 is 11.9 Å². The van der Waals surface area contributed by atoms with E-state index in [0.717, 1.165) is 5.52 Å². The monoisotopic (exact) mass is 302 g/mol. The van der Waals surface area contributed by atoms with E-state index in [1.54, 1.807) is 11.8 Å². The maximum atomic E-state index is 12.3. The van der Waals surface area contributed by atoms with E-state index in [0.29, 0.717) is 30.9 Å². The van der Waals surface area contributed by atoms with Crippen LogP contribution in [0.5, 0.6) is 0 Å². The van der Waals surface area contributed by atoms with E-state index >= 15 is 0 Å². The first-order valence-corrected chi connectivity index (χ1v) is 7.43. The van der Waals surface area contributed by atoms with Crippen molar-refractivity contribution in [1.82, 2.24) is 9.88 Å². The second-order valence-corrected chi connectivity index (χ2v) is 5.64. The Kier molecular flexibility index (Phi) is 3.83. The number of carboxylic acid groups (broad SMARTS) is 1. The predicted molar refractivity (Wildman–Crippen MR) is 79.2 cm³/mol. The van der Waals surface area contributed by atoms with Gasteiger partial charge in [0, 0.05) is 25.4 Å². The van der Waals surface area contributed by atoms with Gasteiger partial charge in [-0.1, -0.05) is 12.1 Å². The molecule has 1 aliphatic rings. The van der Waals surface area contributed by atoms with Crippen molar-refractivity contribution in [3.8, 4) is 0 Å². The number of carbonyl (C=O) groups excluding carboxylic acids is 1. The van der Waals surface area contributed by atoms with Gasteiger partial charge in [-0.05, 0) is 25.5 Å². The molecule has 0 spiro atoms. The summed E-state index contributed by atoms with van der Waals surface area (Å²) < 4.78 is 5.59. The van der Waals surface area contributed by atoms with Gasteiger partial charge in [0.15, 0.2) is 11.5 Å². The Balaban J connectivity index is 1.61. The van der Waals surface area contributed by atoms with Crippen LogP contribution < -0.4 is 0 Å². The number of fused-ring (bicyclic) bond motifs is 1. The Morgan fingerprint density at radius 1 is 1.41 bits per heavy atom. The number of hydrogen-bond donors (Lipinski definition) is 1. The highest BCUT2D eigenvalue weighted by Gasteiger charge is 2.37. The molecule has 0 radical (unpaired) electrons. The zero-order chi connectivity index (χ0) is 15.7. The minimum atomic E-state index is -0.832. The first-order valence-electron chi connectivity index (χ1n) is 7.43. The van der Waals surface area contributed by atoms with Gasteiger partial charge in [-0.25, -0.2) is 4.98 Å². The number of amides is 1. The highest BCUT2D eigenvalue weighted by atomic mass is 16.4. The number of para-hydroxylation sites is 2. The summed E-state index contributed by atoms with van der Waals surface area (Å²) >= 11 is 0. The van der Waals surface area contributed by atoms with Crippen molar-refractivity contribution in [2.24, 2.45) is 5.92 Å². The molecule has 22 heavy (non-hydrogen) atoms. The Labute approximate surface area is 127 Å². The van der Waals surface area contributed by atoms with Crippen molar-refractivity contribution < 1.29 is 19.1 Å². The summed E-state index contributed by atoms with van der Waals surface area (Å²) in [5.74, 6) is -0.801. The first kappa shape index (κ1) is 14.6. The minimum absolute atomic E-state index is 0.0430. The van der Waals surface area contributed by atoms with Crippen LogP contribution in [0.4, 0.5) is 0 Å². The van der Waals surface area contributed by atoms with Crippen molar-refractivity contribution in [3.05, 3.63) is 30.2 Å². The van der Waals surface area contributed by atoms with Crippen LogP contribution in [0.15, 0.2) is 28.7 Å². The van der Waals surface area contributed by atoms with Crippen LogP contribution in [0.1, 0.15) is 25.7 Å². The highest BCUT2D eigenvalue weighted by Crippen LogP contribution is 2.25. The number of carbonyl (C=O) groups is 2. The predicted octanol–water partition coefficient (Wildman–Crippen LogP) is 2.08. The van der Waals surface area contributed by atoms with Crippen LogP contribution in [0.2, 0.25) is 0 Å². The van der Waals surface area contributed by atoms with Crippen LogP contribution in [0.3, 0.4) is 0 Å². The molecule has 2 unspecified atom stereocenters. The number of likely N-dealkylation sites (tertiary alicyclic amines) is 1. The lowest BCUT2D eigenvalue weighted by atomic mass is 10.0. The second kappa shape index (κ2) is 5.79. The third kappa shape index (κ3) is 2.68. The Morgan fingerprint density at radius 3 is 2.86 bits per heavy atom. The number of oxazole rings is 1. The number of rotatable bonds is 4.